The van der Waals surface area contributed by atoms with E-state index >= 15 is 0 Å². The molecule has 0 fully saturated rings. The second-order valence-electron chi connectivity index (χ2n) is 5.39. The first-order valence-corrected chi connectivity index (χ1v) is 6.84. The minimum Gasteiger partial charge on any atom is -0.458 e. The summed E-state index contributed by atoms with van der Waals surface area (Å²) in [6.45, 7) is 6.83. The van der Waals surface area contributed by atoms with Gasteiger partial charge in [-0.25, -0.2) is 4.79 Å². The summed E-state index contributed by atoms with van der Waals surface area (Å²) < 4.78 is 5.18. The van der Waals surface area contributed by atoms with E-state index in [0.717, 1.165) is 0 Å². The molecule has 1 aromatic rings. The number of halogens is 2. The first kappa shape index (κ1) is 16.8. The minimum absolute atomic E-state index is 0.290. The molecule has 0 heterocycles. The summed E-state index contributed by atoms with van der Waals surface area (Å²) >= 11 is 11.6. The van der Waals surface area contributed by atoms with Crippen LogP contribution >= 0.6 is 23.2 Å². The normalized spacial score (nSPS) is 12.7. The summed E-state index contributed by atoms with van der Waals surface area (Å²) in [6.07, 6.45) is 0. The highest BCUT2D eigenvalue weighted by atomic mass is 35.5. The highest BCUT2D eigenvalue weighted by molar-refractivity contribution is 6.35. The Balaban J connectivity index is 2.72. The third-order valence-corrected chi connectivity index (χ3v) is 2.67. The van der Waals surface area contributed by atoms with E-state index in [-0.39, 0.29) is 5.56 Å². The Bertz CT molecular complexity index is 503. The number of rotatable bonds is 3. The van der Waals surface area contributed by atoms with Crippen molar-refractivity contribution in [3.63, 3.8) is 0 Å². The molecule has 0 saturated heterocycles. The third-order valence-electron chi connectivity index (χ3n) is 2.23. The monoisotopic (exact) mass is 317 g/mol. The van der Waals surface area contributed by atoms with Gasteiger partial charge in [-0.15, -0.1) is 0 Å². The number of hydrogen-bond acceptors (Lipinski definition) is 3. The van der Waals surface area contributed by atoms with Gasteiger partial charge in [0.15, 0.2) is 0 Å². The molecule has 4 nitrogen and oxygen atoms in total. The maximum absolute atomic E-state index is 12.0. The number of nitrogens with one attached hydrogen (secondary N) is 1. The lowest BCUT2D eigenvalue weighted by Crippen LogP contribution is -2.42. The van der Waals surface area contributed by atoms with Gasteiger partial charge in [0.05, 0.1) is 0 Å². The van der Waals surface area contributed by atoms with Crippen LogP contribution < -0.4 is 5.32 Å². The van der Waals surface area contributed by atoms with E-state index < -0.39 is 23.5 Å². The average molecular weight is 318 g/mol. The van der Waals surface area contributed by atoms with Gasteiger partial charge in [0.1, 0.15) is 11.6 Å². The van der Waals surface area contributed by atoms with Gasteiger partial charge < -0.3 is 10.1 Å². The Hall–Kier alpha value is -1.26. The van der Waals surface area contributed by atoms with Crippen LogP contribution in [0.25, 0.3) is 0 Å². The van der Waals surface area contributed by atoms with E-state index in [1.165, 1.54) is 18.2 Å². The topological polar surface area (TPSA) is 55.4 Å². The van der Waals surface area contributed by atoms with Crippen LogP contribution in [0.1, 0.15) is 38.1 Å². The van der Waals surface area contributed by atoms with Gasteiger partial charge >= 0.3 is 5.97 Å². The Morgan fingerprint density at radius 2 is 1.65 bits per heavy atom. The SMILES string of the molecule is C[C@H](NC(=O)c1cc(Cl)cc(Cl)c1)C(=O)OC(C)(C)C. The molecule has 6 heteroatoms. The van der Waals surface area contributed by atoms with Gasteiger partial charge in [-0.3, -0.25) is 4.79 Å². The number of benzene rings is 1. The molecule has 1 rings (SSSR count). The summed E-state index contributed by atoms with van der Waals surface area (Å²) in [5.74, 6) is -0.938. The number of carbonyl (C=O) groups excluding carboxylic acids is 2. The van der Waals surface area contributed by atoms with Gasteiger partial charge in [-0.1, -0.05) is 23.2 Å². The van der Waals surface area contributed by atoms with Gasteiger partial charge in [0, 0.05) is 15.6 Å². The molecular formula is C14H17Cl2NO3. The zero-order chi connectivity index (χ0) is 15.5. The van der Waals surface area contributed by atoms with Crippen LogP contribution in [-0.4, -0.2) is 23.5 Å². The molecular weight excluding hydrogens is 301 g/mol. The molecule has 1 N–H and O–H groups in total. The maximum Gasteiger partial charge on any atom is 0.328 e. The van der Waals surface area contributed by atoms with Crippen molar-refractivity contribution < 1.29 is 14.3 Å². The summed E-state index contributed by atoms with van der Waals surface area (Å²) in [5.41, 5.74) is -0.312. The number of carbonyl (C=O) groups is 2. The maximum atomic E-state index is 12.0. The van der Waals surface area contributed by atoms with Crippen LogP contribution in [0.15, 0.2) is 18.2 Å². The number of ether oxygens (including phenoxy) is 1. The van der Waals surface area contributed by atoms with Crippen LogP contribution in [0, 0.1) is 0 Å². The molecule has 20 heavy (non-hydrogen) atoms. The van der Waals surface area contributed by atoms with E-state index in [0.29, 0.717) is 10.0 Å². The zero-order valence-electron chi connectivity index (χ0n) is 11.8. The Kier molecular flexibility index (Phi) is 5.42. The fourth-order valence-corrected chi connectivity index (χ4v) is 1.94. The first-order valence-electron chi connectivity index (χ1n) is 6.08. The second kappa shape index (κ2) is 6.46. The molecule has 0 aliphatic carbocycles. The predicted molar refractivity (Wildman–Crippen MR) is 79.2 cm³/mol. The van der Waals surface area contributed by atoms with E-state index in [9.17, 15) is 9.59 Å². The highest BCUT2D eigenvalue weighted by Gasteiger charge is 2.23. The van der Waals surface area contributed by atoms with Crippen LogP contribution in [0.5, 0.6) is 0 Å². The van der Waals surface area contributed by atoms with E-state index in [2.05, 4.69) is 5.32 Å². The van der Waals surface area contributed by atoms with Crippen LogP contribution in [0.2, 0.25) is 10.0 Å². The summed E-state index contributed by atoms with van der Waals surface area (Å²) in [6, 6.07) is 3.71. The standard InChI is InChI=1S/C14H17Cl2NO3/c1-8(13(19)20-14(2,3)4)17-12(18)9-5-10(15)7-11(16)6-9/h5-8H,1-4H3,(H,17,18)/t8-/m0/s1. The number of hydrogen-bond donors (Lipinski definition) is 1. The van der Waals surface area contributed by atoms with E-state index in [4.69, 9.17) is 27.9 Å². The summed E-state index contributed by atoms with van der Waals surface area (Å²) in [5, 5.41) is 3.25. The zero-order valence-corrected chi connectivity index (χ0v) is 13.3. The molecule has 0 spiro atoms. The molecule has 0 aliphatic heterocycles. The minimum atomic E-state index is -0.764. The molecule has 1 atom stereocenters. The fraction of sp³-hybridized carbons (Fsp3) is 0.429. The molecule has 0 saturated carbocycles. The van der Waals surface area contributed by atoms with Crippen molar-refractivity contribution in [2.24, 2.45) is 0 Å². The fourth-order valence-electron chi connectivity index (χ4n) is 1.41. The largest absolute Gasteiger partial charge is 0.458 e. The van der Waals surface area contributed by atoms with Gasteiger partial charge in [-0.05, 0) is 45.9 Å². The third kappa shape index (κ3) is 5.39. The van der Waals surface area contributed by atoms with Crippen molar-refractivity contribution >= 4 is 35.1 Å². The van der Waals surface area contributed by atoms with Gasteiger partial charge in [0.25, 0.3) is 5.91 Å². The van der Waals surface area contributed by atoms with Crippen LogP contribution in [0.4, 0.5) is 0 Å². The molecule has 0 aliphatic rings. The van der Waals surface area contributed by atoms with Crippen LogP contribution in [-0.2, 0) is 9.53 Å². The van der Waals surface area contributed by atoms with E-state index in [1.807, 2.05) is 0 Å². The van der Waals surface area contributed by atoms with E-state index in [1.54, 1.807) is 27.7 Å². The number of amides is 1. The molecule has 0 radical (unpaired) electrons. The molecule has 110 valence electrons. The Morgan fingerprint density at radius 1 is 1.15 bits per heavy atom. The smallest absolute Gasteiger partial charge is 0.328 e. The van der Waals surface area contributed by atoms with Crippen molar-refractivity contribution in [2.75, 3.05) is 0 Å². The van der Waals surface area contributed by atoms with Gasteiger partial charge in [-0.2, -0.15) is 0 Å². The van der Waals surface area contributed by atoms with Crippen molar-refractivity contribution in [3.8, 4) is 0 Å². The molecule has 1 aromatic carbocycles. The van der Waals surface area contributed by atoms with Crippen molar-refractivity contribution in [1.29, 1.82) is 0 Å². The van der Waals surface area contributed by atoms with Crippen molar-refractivity contribution in [1.82, 2.24) is 5.32 Å². The summed E-state index contributed by atoms with van der Waals surface area (Å²) in [7, 11) is 0. The number of esters is 1. The van der Waals surface area contributed by atoms with Crippen molar-refractivity contribution in [3.05, 3.63) is 33.8 Å². The Morgan fingerprint density at radius 3 is 2.10 bits per heavy atom. The second-order valence-corrected chi connectivity index (χ2v) is 6.26. The van der Waals surface area contributed by atoms with Gasteiger partial charge in [0.2, 0.25) is 0 Å². The first-order chi connectivity index (χ1) is 9.08. The molecule has 0 bridgehead atoms. The molecule has 0 aromatic heterocycles. The van der Waals surface area contributed by atoms with Crippen molar-refractivity contribution in [2.45, 2.75) is 39.3 Å². The summed E-state index contributed by atoms with van der Waals surface area (Å²) in [4.78, 5) is 23.8. The lowest BCUT2D eigenvalue weighted by molar-refractivity contribution is -0.156. The molecule has 1 amide bonds. The lowest BCUT2D eigenvalue weighted by Gasteiger charge is -2.22. The Labute approximate surface area is 128 Å². The lowest BCUT2D eigenvalue weighted by atomic mass is 10.2. The highest BCUT2D eigenvalue weighted by Crippen LogP contribution is 2.19. The quantitative estimate of drug-likeness (QED) is 0.869. The average Bonchev–Trinajstić information content (AvgIpc) is 2.25. The molecule has 0 unspecified atom stereocenters. The predicted octanol–water partition coefficient (Wildman–Crippen LogP) is 3.45. The van der Waals surface area contributed by atoms with Crippen LogP contribution in [0.3, 0.4) is 0 Å².